The molecule has 3 rings (SSSR count). The Kier molecular flexibility index (Phi) is 4.37. The molecule has 1 aliphatic heterocycles. The summed E-state index contributed by atoms with van der Waals surface area (Å²) < 4.78 is 12.9. The molecule has 2 aromatic rings. The molecule has 0 bridgehead atoms. The summed E-state index contributed by atoms with van der Waals surface area (Å²) in [5.74, 6) is -0.568. The van der Waals surface area contributed by atoms with Crippen LogP contribution in [-0.2, 0) is 17.8 Å². The second-order valence-electron chi connectivity index (χ2n) is 5.58. The van der Waals surface area contributed by atoms with Crippen LogP contribution in [0, 0.1) is 5.82 Å². The Balaban J connectivity index is 1.62. The first-order chi connectivity index (χ1) is 11.1. The average Bonchev–Trinajstić information content (AvgIpc) is 2.83. The molecule has 0 aliphatic carbocycles. The SMILES string of the molecule is O=C1NC(CCc2ccccc2)C(=O)N1Cc1ccc(F)cc1. The van der Waals surface area contributed by atoms with Gasteiger partial charge in [0.2, 0.25) is 0 Å². The van der Waals surface area contributed by atoms with Gasteiger partial charge in [-0.05, 0) is 36.1 Å². The van der Waals surface area contributed by atoms with Gasteiger partial charge in [-0.3, -0.25) is 9.69 Å². The Morgan fingerprint density at radius 3 is 2.35 bits per heavy atom. The molecule has 1 aliphatic rings. The van der Waals surface area contributed by atoms with Crippen molar-refractivity contribution in [2.24, 2.45) is 0 Å². The second-order valence-corrected chi connectivity index (χ2v) is 5.58. The summed E-state index contributed by atoms with van der Waals surface area (Å²) in [6, 6.07) is 14.7. The number of urea groups is 1. The molecule has 0 saturated carbocycles. The number of imide groups is 1. The molecule has 1 atom stereocenters. The molecule has 23 heavy (non-hydrogen) atoms. The van der Waals surface area contributed by atoms with Gasteiger partial charge in [0, 0.05) is 0 Å². The van der Waals surface area contributed by atoms with Crippen molar-refractivity contribution in [3.63, 3.8) is 0 Å². The standard InChI is InChI=1S/C18H17FN2O2/c19-15-9-6-14(7-10-15)12-21-17(22)16(20-18(21)23)11-8-13-4-2-1-3-5-13/h1-7,9-10,16H,8,11-12H2,(H,20,23). The van der Waals surface area contributed by atoms with E-state index in [1.165, 1.54) is 17.0 Å². The van der Waals surface area contributed by atoms with Gasteiger partial charge < -0.3 is 5.32 Å². The third-order valence-electron chi connectivity index (χ3n) is 3.93. The van der Waals surface area contributed by atoms with Gasteiger partial charge in [-0.1, -0.05) is 42.5 Å². The maximum absolute atomic E-state index is 12.9. The first kappa shape index (κ1) is 15.2. The van der Waals surface area contributed by atoms with Gasteiger partial charge in [-0.15, -0.1) is 0 Å². The van der Waals surface area contributed by atoms with Gasteiger partial charge in [0.1, 0.15) is 11.9 Å². The monoisotopic (exact) mass is 312 g/mol. The zero-order valence-electron chi connectivity index (χ0n) is 12.5. The van der Waals surface area contributed by atoms with E-state index in [0.29, 0.717) is 6.42 Å². The van der Waals surface area contributed by atoms with Crippen molar-refractivity contribution in [2.75, 3.05) is 0 Å². The lowest BCUT2D eigenvalue weighted by molar-refractivity contribution is -0.128. The Morgan fingerprint density at radius 2 is 1.65 bits per heavy atom. The summed E-state index contributed by atoms with van der Waals surface area (Å²) in [4.78, 5) is 25.6. The molecule has 2 aromatic carbocycles. The highest BCUT2D eigenvalue weighted by Crippen LogP contribution is 2.16. The lowest BCUT2D eigenvalue weighted by Gasteiger charge is -2.13. The smallest absolute Gasteiger partial charge is 0.325 e. The predicted molar refractivity (Wildman–Crippen MR) is 84.0 cm³/mol. The van der Waals surface area contributed by atoms with E-state index >= 15 is 0 Å². The van der Waals surface area contributed by atoms with Crippen molar-refractivity contribution in [1.82, 2.24) is 10.2 Å². The molecular weight excluding hydrogens is 295 g/mol. The molecule has 4 nitrogen and oxygen atoms in total. The van der Waals surface area contributed by atoms with Crippen LogP contribution in [0.3, 0.4) is 0 Å². The first-order valence-corrected chi connectivity index (χ1v) is 7.54. The highest BCUT2D eigenvalue weighted by molar-refractivity contribution is 6.04. The van der Waals surface area contributed by atoms with Gasteiger partial charge in [-0.2, -0.15) is 0 Å². The Labute approximate surface area is 133 Å². The molecule has 5 heteroatoms. The van der Waals surface area contributed by atoms with E-state index in [2.05, 4.69) is 5.32 Å². The average molecular weight is 312 g/mol. The van der Waals surface area contributed by atoms with Gasteiger partial charge in [0.25, 0.3) is 5.91 Å². The molecule has 118 valence electrons. The molecule has 0 aromatic heterocycles. The van der Waals surface area contributed by atoms with Crippen LogP contribution in [-0.4, -0.2) is 22.9 Å². The summed E-state index contributed by atoms with van der Waals surface area (Å²) in [5, 5.41) is 2.72. The number of benzene rings is 2. The fraction of sp³-hybridized carbons (Fsp3) is 0.222. The summed E-state index contributed by atoms with van der Waals surface area (Å²) in [5.41, 5.74) is 1.85. The van der Waals surface area contributed by atoms with Crippen LogP contribution in [0.4, 0.5) is 9.18 Å². The molecule has 1 fully saturated rings. The van der Waals surface area contributed by atoms with Gasteiger partial charge in [0.05, 0.1) is 6.54 Å². The normalized spacial score (nSPS) is 17.4. The number of nitrogens with zero attached hydrogens (tertiary/aromatic N) is 1. The fourth-order valence-corrected chi connectivity index (χ4v) is 2.65. The van der Waals surface area contributed by atoms with Crippen LogP contribution in [0.2, 0.25) is 0 Å². The highest BCUT2D eigenvalue weighted by atomic mass is 19.1. The molecule has 1 saturated heterocycles. The summed E-state index contributed by atoms with van der Waals surface area (Å²) in [6.07, 6.45) is 1.29. The highest BCUT2D eigenvalue weighted by Gasteiger charge is 2.37. The summed E-state index contributed by atoms with van der Waals surface area (Å²) >= 11 is 0. The molecule has 0 spiro atoms. The van der Waals surface area contributed by atoms with Gasteiger partial charge in [-0.25, -0.2) is 9.18 Å². The quantitative estimate of drug-likeness (QED) is 0.863. The maximum Gasteiger partial charge on any atom is 0.325 e. The molecular formula is C18H17FN2O2. The largest absolute Gasteiger partial charge is 0.326 e. The van der Waals surface area contributed by atoms with E-state index in [4.69, 9.17) is 0 Å². The van der Waals surface area contributed by atoms with Crippen molar-refractivity contribution < 1.29 is 14.0 Å². The molecule has 1 N–H and O–H groups in total. The number of aryl methyl sites for hydroxylation is 1. The van der Waals surface area contributed by atoms with Crippen LogP contribution in [0.15, 0.2) is 54.6 Å². The number of carbonyl (C=O) groups is 2. The van der Waals surface area contributed by atoms with E-state index in [1.54, 1.807) is 12.1 Å². The lowest BCUT2D eigenvalue weighted by Crippen LogP contribution is -2.31. The number of carbonyl (C=O) groups excluding carboxylic acids is 2. The Bertz CT molecular complexity index is 701. The summed E-state index contributed by atoms with van der Waals surface area (Å²) in [7, 11) is 0. The van der Waals surface area contributed by atoms with Crippen LogP contribution in [0.25, 0.3) is 0 Å². The fourth-order valence-electron chi connectivity index (χ4n) is 2.65. The third-order valence-corrected chi connectivity index (χ3v) is 3.93. The van der Waals surface area contributed by atoms with E-state index in [9.17, 15) is 14.0 Å². The van der Waals surface area contributed by atoms with Crippen LogP contribution < -0.4 is 5.32 Å². The molecule has 1 heterocycles. The van der Waals surface area contributed by atoms with E-state index < -0.39 is 12.1 Å². The van der Waals surface area contributed by atoms with Crippen molar-refractivity contribution in [3.8, 4) is 0 Å². The van der Waals surface area contributed by atoms with Crippen LogP contribution in [0.5, 0.6) is 0 Å². The predicted octanol–water partition coefficient (Wildman–Crippen LogP) is 2.88. The number of hydrogen-bond acceptors (Lipinski definition) is 2. The Hall–Kier alpha value is -2.69. The zero-order chi connectivity index (χ0) is 16.2. The van der Waals surface area contributed by atoms with E-state index in [0.717, 1.165) is 17.5 Å². The minimum Gasteiger partial charge on any atom is -0.326 e. The van der Waals surface area contributed by atoms with E-state index in [-0.39, 0.29) is 18.3 Å². The molecule has 3 amide bonds. The van der Waals surface area contributed by atoms with Gasteiger partial charge in [0.15, 0.2) is 0 Å². The topological polar surface area (TPSA) is 49.4 Å². The van der Waals surface area contributed by atoms with Crippen molar-refractivity contribution in [2.45, 2.75) is 25.4 Å². The summed E-state index contributed by atoms with van der Waals surface area (Å²) in [6.45, 7) is 0.160. The van der Waals surface area contributed by atoms with Crippen LogP contribution in [0.1, 0.15) is 17.5 Å². The van der Waals surface area contributed by atoms with Gasteiger partial charge >= 0.3 is 6.03 Å². The number of hydrogen-bond donors (Lipinski definition) is 1. The first-order valence-electron chi connectivity index (χ1n) is 7.54. The Morgan fingerprint density at radius 1 is 0.957 bits per heavy atom. The number of nitrogens with one attached hydrogen (secondary N) is 1. The minimum absolute atomic E-state index is 0.160. The lowest BCUT2D eigenvalue weighted by atomic mass is 10.1. The number of rotatable bonds is 5. The number of amides is 3. The third kappa shape index (κ3) is 3.56. The molecule has 0 radical (unpaired) electrons. The van der Waals surface area contributed by atoms with Crippen molar-refractivity contribution in [3.05, 3.63) is 71.5 Å². The molecule has 1 unspecified atom stereocenters. The number of halogens is 1. The van der Waals surface area contributed by atoms with E-state index in [1.807, 2.05) is 30.3 Å². The zero-order valence-corrected chi connectivity index (χ0v) is 12.5. The maximum atomic E-state index is 12.9. The van der Waals surface area contributed by atoms with Crippen molar-refractivity contribution >= 4 is 11.9 Å². The van der Waals surface area contributed by atoms with Crippen LogP contribution >= 0.6 is 0 Å². The minimum atomic E-state index is -0.497. The van der Waals surface area contributed by atoms with Crippen molar-refractivity contribution in [1.29, 1.82) is 0 Å². The second kappa shape index (κ2) is 6.60.